The molecule has 0 aliphatic carbocycles. The zero-order chi connectivity index (χ0) is 29.2. The van der Waals surface area contributed by atoms with Crippen molar-refractivity contribution in [3.8, 4) is 0 Å². The standard InChI is InChI=1S/C31H47N3O5/c1-8-9-10-18-32-26(35)15-16-31(6,7)39-19-17-30(4,5)33-27(36)20-23-11-13-24(14-12-23)34-28(37)21-25(22(2)3)29(34)38/h9-14,22,25H,8,15-21H2,1-7H3,(H,32,35)(H,33,36). The molecule has 2 rings (SSSR count). The zero-order valence-electron chi connectivity index (χ0n) is 24.8. The van der Waals surface area contributed by atoms with Gasteiger partial charge in [0, 0.05) is 31.5 Å². The third-order valence-corrected chi connectivity index (χ3v) is 7.02. The molecule has 0 spiro atoms. The zero-order valence-corrected chi connectivity index (χ0v) is 24.8. The summed E-state index contributed by atoms with van der Waals surface area (Å²) in [4.78, 5) is 51.1. The van der Waals surface area contributed by atoms with Gasteiger partial charge >= 0.3 is 0 Å². The lowest BCUT2D eigenvalue weighted by molar-refractivity contribution is -0.124. The number of carbonyl (C=O) groups is 4. The molecule has 1 aliphatic rings. The van der Waals surface area contributed by atoms with E-state index < -0.39 is 11.1 Å². The number of ether oxygens (including phenoxy) is 1. The Morgan fingerprint density at radius 2 is 1.72 bits per heavy atom. The number of hydrogen-bond acceptors (Lipinski definition) is 5. The third kappa shape index (κ3) is 10.6. The van der Waals surface area contributed by atoms with Gasteiger partial charge in [0.05, 0.1) is 23.6 Å². The molecule has 1 aromatic rings. The van der Waals surface area contributed by atoms with Crippen LogP contribution >= 0.6 is 0 Å². The lowest BCUT2D eigenvalue weighted by Crippen LogP contribution is -2.45. The van der Waals surface area contributed by atoms with E-state index in [4.69, 9.17) is 4.74 Å². The van der Waals surface area contributed by atoms with Crippen LogP contribution in [0.2, 0.25) is 0 Å². The lowest BCUT2D eigenvalue weighted by atomic mass is 9.94. The van der Waals surface area contributed by atoms with E-state index in [1.165, 1.54) is 4.90 Å². The molecule has 4 amide bonds. The first-order valence-corrected chi connectivity index (χ1v) is 14.1. The maximum Gasteiger partial charge on any atom is 0.237 e. The predicted octanol–water partition coefficient (Wildman–Crippen LogP) is 4.71. The van der Waals surface area contributed by atoms with Crippen molar-refractivity contribution in [2.24, 2.45) is 11.8 Å². The van der Waals surface area contributed by atoms with Crippen molar-refractivity contribution < 1.29 is 23.9 Å². The van der Waals surface area contributed by atoms with Gasteiger partial charge < -0.3 is 15.4 Å². The van der Waals surface area contributed by atoms with Crippen LogP contribution in [-0.4, -0.2) is 47.9 Å². The molecule has 1 fully saturated rings. The molecule has 39 heavy (non-hydrogen) atoms. The summed E-state index contributed by atoms with van der Waals surface area (Å²) in [6.07, 6.45) is 6.96. The SMILES string of the molecule is CCC=CCNC(=O)CCC(C)(C)OCCC(C)(C)NC(=O)Cc1ccc(N2C(=O)CC(C(C)C)C2=O)cc1. The van der Waals surface area contributed by atoms with Crippen LogP contribution in [0.25, 0.3) is 0 Å². The van der Waals surface area contributed by atoms with Gasteiger partial charge in [-0.25, -0.2) is 0 Å². The number of hydrogen-bond donors (Lipinski definition) is 2. The Morgan fingerprint density at radius 1 is 1.05 bits per heavy atom. The van der Waals surface area contributed by atoms with Crippen LogP contribution in [0.1, 0.15) is 86.1 Å². The van der Waals surface area contributed by atoms with Crippen LogP contribution in [0, 0.1) is 11.8 Å². The second-order valence-corrected chi connectivity index (χ2v) is 11.9. The second kappa shape index (κ2) is 14.4. The van der Waals surface area contributed by atoms with Gasteiger partial charge in [-0.3, -0.25) is 24.1 Å². The van der Waals surface area contributed by atoms with Crippen LogP contribution in [-0.2, 0) is 30.3 Å². The summed E-state index contributed by atoms with van der Waals surface area (Å²) in [6.45, 7) is 14.8. The van der Waals surface area contributed by atoms with Crippen molar-refractivity contribution in [3.05, 3.63) is 42.0 Å². The molecular weight excluding hydrogens is 494 g/mol. The van der Waals surface area contributed by atoms with Crippen LogP contribution in [0.5, 0.6) is 0 Å². The second-order valence-electron chi connectivity index (χ2n) is 11.9. The summed E-state index contributed by atoms with van der Waals surface area (Å²) >= 11 is 0. The highest BCUT2D eigenvalue weighted by Gasteiger charge is 2.40. The third-order valence-electron chi connectivity index (χ3n) is 7.02. The first kappa shape index (κ1) is 32.2. The van der Waals surface area contributed by atoms with Crippen molar-refractivity contribution >= 4 is 29.3 Å². The number of anilines is 1. The van der Waals surface area contributed by atoms with Crippen LogP contribution in [0.3, 0.4) is 0 Å². The van der Waals surface area contributed by atoms with Crippen molar-refractivity contribution in [2.45, 2.75) is 98.1 Å². The van der Waals surface area contributed by atoms with Gasteiger partial charge in [0.15, 0.2) is 0 Å². The van der Waals surface area contributed by atoms with E-state index in [9.17, 15) is 19.2 Å². The van der Waals surface area contributed by atoms with Gasteiger partial charge in [-0.2, -0.15) is 0 Å². The molecule has 1 aliphatic heterocycles. The number of imide groups is 1. The summed E-state index contributed by atoms with van der Waals surface area (Å²) in [6, 6.07) is 7.02. The monoisotopic (exact) mass is 541 g/mol. The van der Waals surface area contributed by atoms with Crippen molar-refractivity contribution in [3.63, 3.8) is 0 Å². The summed E-state index contributed by atoms with van der Waals surface area (Å²) in [5, 5.41) is 5.95. The Morgan fingerprint density at radius 3 is 2.31 bits per heavy atom. The highest BCUT2D eigenvalue weighted by molar-refractivity contribution is 6.21. The van der Waals surface area contributed by atoms with Crippen LogP contribution < -0.4 is 15.5 Å². The summed E-state index contributed by atoms with van der Waals surface area (Å²) in [7, 11) is 0. The van der Waals surface area contributed by atoms with Gasteiger partial charge in [-0.15, -0.1) is 0 Å². The van der Waals surface area contributed by atoms with Gasteiger partial charge in [0.2, 0.25) is 23.6 Å². The predicted molar refractivity (Wildman–Crippen MR) is 154 cm³/mol. The summed E-state index contributed by atoms with van der Waals surface area (Å²) in [5.74, 6) is -0.619. The Hall–Kier alpha value is -3.00. The summed E-state index contributed by atoms with van der Waals surface area (Å²) < 4.78 is 6.06. The molecule has 1 unspecified atom stereocenters. The van der Waals surface area contributed by atoms with Crippen molar-refractivity contribution in [1.82, 2.24) is 10.6 Å². The van der Waals surface area contributed by atoms with E-state index in [0.29, 0.717) is 38.1 Å². The first-order chi connectivity index (χ1) is 18.2. The summed E-state index contributed by atoms with van der Waals surface area (Å²) in [5.41, 5.74) is 0.415. The molecule has 0 bridgehead atoms. The molecule has 1 heterocycles. The van der Waals surface area contributed by atoms with Crippen LogP contribution in [0.4, 0.5) is 5.69 Å². The smallest absolute Gasteiger partial charge is 0.237 e. The average molecular weight is 542 g/mol. The van der Waals surface area contributed by atoms with E-state index >= 15 is 0 Å². The topological polar surface area (TPSA) is 105 Å². The molecule has 1 saturated heterocycles. The number of benzene rings is 1. The number of carbonyl (C=O) groups excluding carboxylic acids is 4. The van der Waals surface area contributed by atoms with Gasteiger partial charge in [-0.05, 0) is 70.6 Å². The highest BCUT2D eigenvalue weighted by Crippen LogP contribution is 2.31. The largest absolute Gasteiger partial charge is 0.375 e. The number of rotatable bonds is 15. The van der Waals surface area contributed by atoms with Gasteiger partial charge in [0.1, 0.15) is 0 Å². The molecular formula is C31H47N3O5. The molecule has 8 heteroatoms. The van der Waals surface area contributed by atoms with Gasteiger partial charge in [0.25, 0.3) is 0 Å². The van der Waals surface area contributed by atoms with E-state index in [1.54, 1.807) is 24.3 Å². The maximum absolute atomic E-state index is 12.7. The van der Waals surface area contributed by atoms with E-state index in [1.807, 2.05) is 53.7 Å². The highest BCUT2D eigenvalue weighted by atomic mass is 16.5. The molecule has 0 aromatic heterocycles. The number of allylic oxidation sites excluding steroid dienone is 1. The Balaban J connectivity index is 1.78. The number of nitrogens with one attached hydrogen (secondary N) is 2. The Kier molecular flexibility index (Phi) is 11.9. The molecule has 216 valence electrons. The maximum atomic E-state index is 12.7. The van der Waals surface area contributed by atoms with Crippen molar-refractivity contribution in [1.29, 1.82) is 0 Å². The molecule has 0 radical (unpaired) electrons. The lowest BCUT2D eigenvalue weighted by Gasteiger charge is -2.30. The van der Waals surface area contributed by atoms with E-state index in [0.717, 1.165) is 12.0 Å². The first-order valence-electron chi connectivity index (χ1n) is 14.1. The average Bonchev–Trinajstić information content (AvgIpc) is 3.14. The number of nitrogens with zero attached hydrogens (tertiary/aromatic N) is 1. The minimum absolute atomic E-state index is 0.00596. The van der Waals surface area contributed by atoms with Crippen molar-refractivity contribution in [2.75, 3.05) is 18.1 Å². The van der Waals surface area contributed by atoms with Gasteiger partial charge in [-0.1, -0.05) is 45.1 Å². The number of amides is 4. The molecule has 2 N–H and O–H groups in total. The fourth-order valence-electron chi connectivity index (χ4n) is 4.46. The van der Waals surface area contributed by atoms with E-state index in [2.05, 4.69) is 17.6 Å². The Labute approximate surface area is 233 Å². The fraction of sp³-hybridized carbons (Fsp3) is 0.613. The minimum atomic E-state index is -0.476. The van der Waals surface area contributed by atoms with Crippen LogP contribution in [0.15, 0.2) is 36.4 Å². The molecule has 1 atom stereocenters. The molecule has 8 nitrogen and oxygen atoms in total. The van der Waals surface area contributed by atoms with E-state index in [-0.39, 0.29) is 48.3 Å². The minimum Gasteiger partial charge on any atom is -0.375 e. The molecule has 0 saturated carbocycles. The fourth-order valence-corrected chi connectivity index (χ4v) is 4.46. The quantitative estimate of drug-likeness (QED) is 0.247. The normalized spacial score (nSPS) is 16.4. The molecule has 1 aromatic carbocycles. The Bertz CT molecular complexity index is 1030.